The van der Waals surface area contributed by atoms with Crippen molar-refractivity contribution in [3.63, 3.8) is 0 Å². The minimum absolute atomic E-state index is 0.301. The molecule has 6 N–H and O–H groups in total. The van der Waals surface area contributed by atoms with Crippen molar-refractivity contribution in [1.82, 2.24) is 9.97 Å². The Morgan fingerprint density at radius 1 is 0.765 bits per heavy atom. The van der Waals surface area contributed by atoms with Crippen molar-refractivity contribution in [2.75, 3.05) is 17.2 Å². The van der Waals surface area contributed by atoms with Crippen LogP contribution in [0.2, 0.25) is 0 Å². The number of nitrogens with zero attached hydrogens (tertiary/aromatic N) is 2. The largest absolute Gasteiger partial charge is 0.384 e. The Labute approximate surface area is 97.3 Å². The first-order valence-electron chi connectivity index (χ1n) is 5.17. The summed E-state index contributed by atoms with van der Waals surface area (Å²) in [7, 11) is 0. The summed E-state index contributed by atoms with van der Waals surface area (Å²) in [6.45, 7) is 0. The molecule has 17 heavy (non-hydrogen) atoms. The topological polar surface area (TPSA) is 104 Å². The molecule has 5 heteroatoms. The maximum absolute atomic E-state index is 5.92. The van der Waals surface area contributed by atoms with Gasteiger partial charge in [-0.25, -0.2) is 9.97 Å². The number of nitrogen functional groups attached to an aromatic ring is 3. The van der Waals surface area contributed by atoms with Gasteiger partial charge in [-0.15, -0.1) is 0 Å². The number of hydrogen-bond acceptors (Lipinski definition) is 5. The van der Waals surface area contributed by atoms with Crippen molar-refractivity contribution in [2.24, 2.45) is 0 Å². The van der Waals surface area contributed by atoms with Crippen LogP contribution >= 0.6 is 0 Å². The fourth-order valence-corrected chi connectivity index (χ4v) is 2.04. The fraction of sp³-hybridized carbons (Fsp3) is 0. The highest BCUT2D eigenvalue weighted by Crippen LogP contribution is 2.30. The lowest BCUT2D eigenvalue weighted by Crippen LogP contribution is -1.97. The molecule has 5 nitrogen and oxygen atoms in total. The number of aromatic nitrogens is 2. The van der Waals surface area contributed by atoms with Crippen LogP contribution in [0.5, 0.6) is 0 Å². The lowest BCUT2D eigenvalue weighted by atomic mass is 10.1. The predicted octanol–water partition coefficient (Wildman–Crippen LogP) is 1.53. The van der Waals surface area contributed by atoms with E-state index in [1.165, 1.54) is 0 Å². The Hall–Kier alpha value is -2.56. The third-order valence-electron chi connectivity index (χ3n) is 2.78. The normalized spacial score (nSPS) is 11.1. The summed E-state index contributed by atoms with van der Waals surface area (Å²) in [6.07, 6.45) is 0. The summed E-state index contributed by atoms with van der Waals surface area (Å²) in [5.41, 5.74) is 18.3. The standard InChI is InChI=1S/C12H11N5/c13-9-5-4-7-6-2-1-3-8(6)16-11(14)10(7)12(15)17-9/h1-5H,(H2,14,16)(H4,13,15,17). The van der Waals surface area contributed by atoms with Crippen LogP contribution in [-0.2, 0) is 0 Å². The van der Waals surface area contributed by atoms with Crippen molar-refractivity contribution >= 4 is 39.1 Å². The molecule has 0 saturated heterocycles. The van der Waals surface area contributed by atoms with Gasteiger partial charge in [-0.3, -0.25) is 0 Å². The van der Waals surface area contributed by atoms with Crippen LogP contribution in [0, 0.1) is 0 Å². The highest BCUT2D eigenvalue weighted by atomic mass is 14.9. The molecule has 2 aromatic heterocycles. The molecular weight excluding hydrogens is 214 g/mol. The van der Waals surface area contributed by atoms with Crippen molar-refractivity contribution < 1.29 is 0 Å². The van der Waals surface area contributed by atoms with Crippen LogP contribution in [0.3, 0.4) is 0 Å². The third-order valence-corrected chi connectivity index (χ3v) is 2.78. The minimum Gasteiger partial charge on any atom is -0.384 e. The van der Waals surface area contributed by atoms with Crippen molar-refractivity contribution in [3.05, 3.63) is 30.3 Å². The van der Waals surface area contributed by atoms with Gasteiger partial charge in [0.15, 0.2) is 0 Å². The first-order chi connectivity index (χ1) is 8.16. The fourth-order valence-electron chi connectivity index (χ4n) is 2.04. The highest BCUT2D eigenvalue weighted by molar-refractivity contribution is 6.13. The monoisotopic (exact) mass is 225 g/mol. The van der Waals surface area contributed by atoms with Crippen LogP contribution in [0.15, 0.2) is 30.3 Å². The molecule has 0 atom stereocenters. The van der Waals surface area contributed by atoms with Crippen LogP contribution in [0.25, 0.3) is 21.7 Å². The average Bonchev–Trinajstić information content (AvgIpc) is 2.66. The zero-order valence-electron chi connectivity index (χ0n) is 9.01. The first-order valence-corrected chi connectivity index (χ1v) is 5.17. The van der Waals surface area contributed by atoms with Crippen LogP contribution in [-0.4, -0.2) is 9.97 Å². The smallest absolute Gasteiger partial charge is 0.137 e. The molecule has 0 amide bonds. The summed E-state index contributed by atoms with van der Waals surface area (Å²) in [5.74, 6) is 1.03. The second kappa shape index (κ2) is 3.21. The van der Waals surface area contributed by atoms with E-state index in [4.69, 9.17) is 17.2 Å². The van der Waals surface area contributed by atoms with E-state index in [0.717, 1.165) is 16.3 Å². The van der Waals surface area contributed by atoms with Gasteiger partial charge in [0.05, 0.1) is 10.9 Å². The molecule has 0 aliphatic carbocycles. The summed E-state index contributed by atoms with van der Waals surface area (Å²) < 4.78 is 0. The molecule has 1 aromatic carbocycles. The Bertz CT molecular complexity index is 736. The van der Waals surface area contributed by atoms with Gasteiger partial charge >= 0.3 is 0 Å². The van der Waals surface area contributed by atoms with Gasteiger partial charge in [0.25, 0.3) is 0 Å². The summed E-state index contributed by atoms with van der Waals surface area (Å²) in [6, 6.07) is 9.39. The summed E-state index contributed by atoms with van der Waals surface area (Å²) in [5, 5.41) is 2.57. The van der Waals surface area contributed by atoms with Gasteiger partial charge < -0.3 is 17.2 Å². The Morgan fingerprint density at radius 3 is 2.35 bits per heavy atom. The molecule has 3 aromatic rings. The molecule has 0 fully saturated rings. The van der Waals surface area contributed by atoms with E-state index in [2.05, 4.69) is 9.97 Å². The second-order valence-electron chi connectivity index (χ2n) is 3.87. The number of pyridine rings is 1. The molecular formula is C12H11N5. The Balaban J connectivity index is 2.67. The zero-order valence-corrected chi connectivity index (χ0v) is 9.01. The molecule has 0 aliphatic rings. The number of rotatable bonds is 0. The number of nitrogens with two attached hydrogens (primary N) is 3. The van der Waals surface area contributed by atoms with Gasteiger partial charge in [-0.05, 0) is 23.6 Å². The zero-order chi connectivity index (χ0) is 12.0. The van der Waals surface area contributed by atoms with Gasteiger partial charge in [0, 0.05) is 5.39 Å². The molecule has 84 valence electrons. The van der Waals surface area contributed by atoms with Crippen molar-refractivity contribution in [1.29, 1.82) is 0 Å². The predicted molar refractivity (Wildman–Crippen MR) is 70.3 cm³/mol. The molecule has 3 rings (SSSR count). The van der Waals surface area contributed by atoms with E-state index in [-0.39, 0.29) is 0 Å². The molecule has 0 radical (unpaired) electrons. The van der Waals surface area contributed by atoms with Crippen LogP contribution in [0.4, 0.5) is 17.5 Å². The maximum atomic E-state index is 5.92. The average molecular weight is 225 g/mol. The third kappa shape index (κ3) is 1.32. The first kappa shape index (κ1) is 9.65. The summed E-state index contributed by atoms with van der Waals surface area (Å²) >= 11 is 0. The Kier molecular flexibility index (Phi) is 1.82. The van der Waals surface area contributed by atoms with Gasteiger partial charge in [0.1, 0.15) is 17.5 Å². The molecule has 0 bridgehead atoms. The van der Waals surface area contributed by atoms with Crippen molar-refractivity contribution in [2.45, 2.75) is 0 Å². The van der Waals surface area contributed by atoms with Gasteiger partial charge in [0.2, 0.25) is 0 Å². The SMILES string of the molecule is Nc1ccc2c(c(N)n1)c(N)nc1cccc12. The number of fused-ring (bicyclic) bond motifs is 3. The number of anilines is 3. The molecule has 0 aliphatic heterocycles. The van der Waals surface area contributed by atoms with E-state index in [0.29, 0.717) is 22.8 Å². The molecule has 2 heterocycles. The molecule has 0 unspecified atom stereocenters. The van der Waals surface area contributed by atoms with Gasteiger partial charge in [-0.1, -0.05) is 12.1 Å². The lowest BCUT2D eigenvalue weighted by molar-refractivity contribution is 1.38. The maximum Gasteiger partial charge on any atom is 0.137 e. The van der Waals surface area contributed by atoms with E-state index in [1.807, 2.05) is 24.3 Å². The van der Waals surface area contributed by atoms with Crippen LogP contribution in [0.1, 0.15) is 0 Å². The van der Waals surface area contributed by atoms with E-state index >= 15 is 0 Å². The highest BCUT2D eigenvalue weighted by Gasteiger charge is 2.09. The van der Waals surface area contributed by atoms with E-state index < -0.39 is 0 Å². The molecule has 0 saturated carbocycles. The second-order valence-corrected chi connectivity index (χ2v) is 3.87. The summed E-state index contributed by atoms with van der Waals surface area (Å²) in [4.78, 5) is 8.35. The minimum atomic E-state index is 0.301. The molecule has 0 spiro atoms. The van der Waals surface area contributed by atoms with Crippen molar-refractivity contribution in [3.8, 4) is 0 Å². The lowest BCUT2D eigenvalue weighted by Gasteiger charge is -2.02. The number of hydrogen-bond donors (Lipinski definition) is 3. The quantitative estimate of drug-likeness (QED) is 0.538. The Morgan fingerprint density at radius 2 is 1.53 bits per heavy atom. The van der Waals surface area contributed by atoms with Crippen LogP contribution < -0.4 is 17.2 Å². The van der Waals surface area contributed by atoms with E-state index in [1.54, 1.807) is 6.07 Å². The van der Waals surface area contributed by atoms with Gasteiger partial charge in [-0.2, -0.15) is 0 Å². The van der Waals surface area contributed by atoms with E-state index in [9.17, 15) is 0 Å².